The Kier molecular flexibility index (Phi) is 6.08. The van der Waals surface area contributed by atoms with Gasteiger partial charge in [-0.2, -0.15) is 18.2 Å². The average molecular weight is 403 g/mol. The Morgan fingerprint density at radius 2 is 2.15 bits per heavy atom. The van der Waals surface area contributed by atoms with Gasteiger partial charge in [-0.25, -0.2) is 0 Å². The molecule has 0 saturated carbocycles. The zero-order valence-electron chi connectivity index (χ0n) is 14.2. The monoisotopic (exact) mass is 403 g/mol. The van der Waals surface area contributed by atoms with Crippen molar-refractivity contribution >= 4 is 22.2 Å². The Balaban J connectivity index is 1.55. The van der Waals surface area contributed by atoms with Gasteiger partial charge in [0.2, 0.25) is 5.91 Å². The van der Waals surface area contributed by atoms with Gasteiger partial charge in [-0.1, -0.05) is 0 Å². The summed E-state index contributed by atoms with van der Waals surface area (Å²) in [6.07, 6.45) is 3.54. The lowest BCUT2D eigenvalue weighted by Crippen LogP contribution is -2.50. The lowest BCUT2D eigenvalue weighted by atomic mass is 9.99. The van der Waals surface area contributed by atoms with E-state index in [2.05, 4.69) is 31.2 Å². The van der Waals surface area contributed by atoms with Crippen LogP contribution < -0.4 is 27.0 Å². The SMILES string of the molecule is O=C(CC1CCCN1)NNC(=O)[C@H]1NC[C@H](NOS(=O)(=O)O)c2ccoc21. The quantitative estimate of drug-likeness (QED) is 0.245. The average Bonchev–Trinajstić information content (AvgIpc) is 3.28. The number of hydroxylamine groups is 1. The summed E-state index contributed by atoms with van der Waals surface area (Å²) in [6, 6.07) is 0.101. The molecule has 0 bridgehead atoms. The lowest BCUT2D eigenvalue weighted by molar-refractivity contribution is -0.130. The van der Waals surface area contributed by atoms with Gasteiger partial charge < -0.3 is 9.73 Å². The van der Waals surface area contributed by atoms with E-state index in [9.17, 15) is 18.0 Å². The fourth-order valence-corrected chi connectivity index (χ4v) is 3.37. The van der Waals surface area contributed by atoms with E-state index in [-0.39, 0.29) is 30.7 Å². The van der Waals surface area contributed by atoms with E-state index in [1.165, 1.54) is 6.26 Å². The first-order valence-corrected chi connectivity index (χ1v) is 9.74. The first kappa shape index (κ1) is 19.7. The van der Waals surface area contributed by atoms with Gasteiger partial charge in [-0.15, -0.1) is 0 Å². The molecule has 3 rings (SSSR count). The van der Waals surface area contributed by atoms with Crippen LogP contribution in [0.3, 0.4) is 0 Å². The Morgan fingerprint density at radius 3 is 2.85 bits per heavy atom. The Labute approximate surface area is 155 Å². The highest BCUT2D eigenvalue weighted by Gasteiger charge is 2.35. The molecule has 27 heavy (non-hydrogen) atoms. The highest BCUT2D eigenvalue weighted by atomic mass is 32.3. The largest absolute Gasteiger partial charge is 0.467 e. The predicted octanol–water partition coefficient (Wildman–Crippen LogP) is -1.42. The van der Waals surface area contributed by atoms with E-state index in [1.807, 2.05) is 0 Å². The summed E-state index contributed by atoms with van der Waals surface area (Å²) in [5.74, 6) is -0.603. The van der Waals surface area contributed by atoms with Crippen molar-refractivity contribution in [2.45, 2.75) is 37.4 Å². The van der Waals surface area contributed by atoms with Gasteiger partial charge in [0.1, 0.15) is 11.8 Å². The summed E-state index contributed by atoms with van der Waals surface area (Å²) in [5, 5.41) is 6.05. The third-order valence-electron chi connectivity index (χ3n) is 4.37. The molecule has 13 heteroatoms. The molecule has 1 fully saturated rings. The van der Waals surface area contributed by atoms with Gasteiger partial charge in [-0.3, -0.25) is 30.3 Å². The second kappa shape index (κ2) is 8.33. The Hall–Kier alpha value is -2.03. The summed E-state index contributed by atoms with van der Waals surface area (Å²) in [6.45, 7) is 0.994. The Bertz CT molecular complexity index is 790. The molecule has 2 aliphatic rings. The van der Waals surface area contributed by atoms with Crippen LogP contribution in [0.5, 0.6) is 0 Å². The van der Waals surface area contributed by atoms with Crippen molar-refractivity contribution < 1.29 is 31.3 Å². The maximum atomic E-state index is 12.4. The van der Waals surface area contributed by atoms with E-state index in [1.54, 1.807) is 6.07 Å². The molecule has 1 saturated heterocycles. The number of nitrogens with one attached hydrogen (secondary N) is 5. The molecule has 0 radical (unpaired) electrons. The maximum absolute atomic E-state index is 12.4. The van der Waals surface area contributed by atoms with Gasteiger partial charge in [0.15, 0.2) is 0 Å². The summed E-state index contributed by atoms with van der Waals surface area (Å²) < 4.78 is 39.5. The van der Waals surface area contributed by atoms with Crippen LogP contribution in [-0.4, -0.2) is 43.9 Å². The number of hydrogen-bond donors (Lipinski definition) is 6. The van der Waals surface area contributed by atoms with E-state index < -0.39 is 28.4 Å². The zero-order valence-corrected chi connectivity index (χ0v) is 15.0. The molecule has 1 aromatic rings. The second-order valence-corrected chi connectivity index (χ2v) is 7.32. The topological polar surface area (TPSA) is 171 Å². The molecule has 0 aromatic carbocycles. The van der Waals surface area contributed by atoms with Crippen molar-refractivity contribution in [2.75, 3.05) is 13.1 Å². The first-order chi connectivity index (χ1) is 12.8. The van der Waals surface area contributed by atoms with Crippen LogP contribution in [0, 0.1) is 0 Å². The highest BCUT2D eigenvalue weighted by molar-refractivity contribution is 7.80. The molecule has 3 atom stereocenters. The van der Waals surface area contributed by atoms with Crippen LogP contribution in [0.4, 0.5) is 0 Å². The Morgan fingerprint density at radius 1 is 1.33 bits per heavy atom. The smallest absolute Gasteiger partial charge is 0.413 e. The summed E-state index contributed by atoms with van der Waals surface area (Å²) in [4.78, 5) is 24.3. The zero-order chi connectivity index (χ0) is 19.4. The van der Waals surface area contributed by atoms with Gasteiger partial charge in [-0.05, 0) is 25.5 Å². The number of amides is 2. The van der Waals surface area contributed by atoms with Crippen LogP contribution in [0.1, 0.15) is 42.7 Å². The number of furan rings is 1. The first-order valence-electron chi connectivity index (χ1n) is 8.37. The molecule has 0 aliphatic carbocycles. The lowest BCUT2D eigenvalue weighted by Gasteiger charge is -2.28. The number of hydrazine groups is 1. The number of carbonyl (C=O) groups excluding carboxylic acids is 2. The summed E-state index contributed by atoms with van der Waals surface area (Å²) in [5.41, 5.74) is 7.39. The van der Waals surface area contributed by atoms with Crippen LogP contribution in [0.2, 0.25) is 0 Å². The fourth-order valence-electron chi connectivity index (χ4n) is 3.14. The minimum atomic E-state index is -4.67. The van der Waals surface area contributed by atoms with Gasteiger partial charge in [0.05, 0.1) is 12.3 Å². The molecule has 6 N–H and O–H groups in total. The molecule has 1 unspecified atom stereocenters. The third-order valence-corrected chi connectivity index (χ3v) is 4.67. The molecule has 2 amide bonds. The van der Waals surface area contributed by atoms with E-state index in [4.69, 9.17) is 8.97 Å². The van der Waals surface area contributed by atoms with Crippen molar-refractivity contribution in [3.8, 4) is 0 Å². The molecule has 0 spiro atoms. The van der Waals surface area contributed by atoms with Gasteiger partial charge >= 0.3 is 10.4 Å². The molecule has 2 aliphatic heterocycles. The minimum Gasteiger partial charge on any atom is -0.467 e. The number of fused-ring (bicyclic) bond motifs is 1. The van der Waals surface area contributed by atoms with E-state index in [0.29, 0.717) is 5.56 Å². The number of rotatable bonds is 6. The molecule has 1 aromatic heterocycles. The minimum absolute atomic E-state index is 0.111. The molecular formula is C14H21N5O7S. The molecule has 3 heterocycles. The molecule has 150 valence electrons. The van der Waals surface area contributed by atoms with Crippen molar-refractivity contribution in [1.29, 1.82) is 0 Å². The van der Waals surface area contributed by atoms with Crippen molar-refractivity contribution in [2.24, 2.45) is 0 Å². The van der Waals surface area contributed by atoms with Crippen molar-refractivity contribution in [3.05, 3.63) is 23.7 Å². The fraction of sp³-hybridized carbons (Fsp3) is 0.571. The summed E-state index contributed by atoms with van der Waals surface area (Å²) >= 11 is 0. The molecular weight excluding hydrogens is 382 g/mol. The van der Waals surface area contributed by atoms with Crippen LogP contribution in [0.15, 0.2) is 16.7 Å². The van der Waals surface area contributed by atoms with Crippen LogP contribution in [0.25, 0.3) is 0 Å². The summed E-state index contributed by atoms with van der Waals surface area (Å²) in [7, 11) is -4.67. The van der Waals surface area contributed by atoms with Crippen molar-refractivity contribution in [3.63, 3.8) is 0 Å². The van der Waals surface area contributed by atoms with Gasteiger partial charge in [0, 0.05) is 24.6 Å². The second-order valence-electron chi connectivity index (χ2n) is 6.30. The highest BCUT2D eigenvalue weighted by Crippen LogP contribution is 2.29. The van der Waals surface area contributed by atoms with E-state index >= 15 is 0 Å². The predicted molar refractivity (Wildman–Crippen MR) is 89.9 cm³/mol. The van der Waals surface area contributed by atoms with Crippen molar-refractivity contribution in [1.82, 2.24) is 27.0 Å². The standard InChI is InChI=1S/C14H21N5O7S/c20-11(6-8-2-1-4-15-8)17-18-14(21)12-13-9(3-5-25-13)10(7-16-12)19-26-27(22,23)24/h3,5,8,10,12,15-16,19H,1-2,4,6-7H2,(H,17,20)(H,18,21)(H,22,23,24)/t8?,10-,12-/m0/s1. The number of hydrogen-bond acceptors (Lipinski definition) is 9. The van der Waals surface area contributed by atoms with Crippen LogP contribution in [-0.2, 0) is 24.3 Å². The number of carbonyl (C=O) groups is 2. The third kappa shape index (κ3) is 5.24. The molecule has 12 nitrogen and oxygen atoms in total. The van der Waals surface area contributed by atoms with Gasteiger partial charge in [0.25, 0.3) is 5.91 Å². The van der Waals surface area contributed by atoms with Crippen LogP contribution >= 0.6 is 0 Å². The maximum Gasteiger partial charge on any atom is 0.413 e. The normalized spacial score (nSPS) is 25.0. The van der Waals surface area contributed by atoms with E-state index in [0.717, 1.165) is 19.4 Å².